The number of hydrogen-bond donors (Lipinski definition) is 0. The van der Waals surface area contributed by atoms with E-state index in [1.807, 2.05) is 13.1 Å². The lowest BCUT2D eigenvalue weighted by molar-refractivity contribution is -0.384. The zero-order valence-electron chi connectivity index (χ0n) is 22.3. The SMILES string of the molecule is C=CCn1c(=O)c2cnc(N(C(=O)OC(C)(C)C)c3ccc4c(cnn4C)c3)nc2n1-c1cccc([N+](=O)[O-])c1. The number of rotatable bonds is 6. The summed E-state index contributed by atoms with van der Waals surface area (Å²) in [5, 5.41) is 16.7. The first-order chi connectivity index (χ1) is 19.0. The molecule has 0 fully saturated rings. The Morgan fingerprint density at radius 1 is 1.20 bits per heavy atom. The van der Waals surface area contributed by atoms with Crippen molar-refractivity contribution in [3.05, 3.63) is 88.0 Å². The molecule has 0 aliphatic rings. The summed E-state index contributed by atoms with van der Waals surface area (Å²) < 4.78 is 10.2. The predicted molar refractivity (Wildman–Crippen MR) is 149 cm³/mol. The second kappa shape index (κ2) is 9.76. The maximum atomic E-state index is 13.5. The van der Waals surface area contributed by atoms with E-state index in [2.05, 4.69) is 21.6 Å². The highest BCUT2D eigenvalue weighted by Gasteiger charge is 2.29. The summed E-state index contributed by atoms with van der Waals surface area (Å²) in [6.07, 6.45) is 3.79. The minimum absolute atomic E-state index is 0.0556. The number of allylic oxidation sites excluding steroid dienone is 1. The summed E-state index contributed by atoms with van der Waals surface area (Å²) in [6, 6.07) is 11.1. The first kappa shape index (κ1) is 26.3. The number of nitrogens with zero attached hydrogens (tertiary/aromatic N) is 8. The van der Waals surface area contributed by atoms with Crippen molar-refractivity contribution in [2.75, 3.05) is 4.90 Å². The van der Waals surface area contributed by atoms with Gasteiger partial charge in [0, 0.05) is 30.8 Å². The molecule has 0 atom stereocenters. The Morgan fingerprint density at radius 2 is 1.98 bits per heavy atom. The van der Waals surface area contributed by atoms with Crippen molar-refractivity contribution in [1.82, 2.24) is 29.1 Å². The zero-order valence-corrected chi connectivity index (χ0v) is 22.3. The quantitative estimate of drug-likeness (QED) is 0.172. The molecule has 40 heavy (non-hydrogen) atoms. The second-order valence-electron chi connectivity index (χ2n) is 10.00. The number of aryl methyl sites for hydroxylation is 1. The van der Waals surface area contributed by atoms with Gasteiger partial charge < -0.3 is 4.74 Å². The van der Waals surface area contributed by atoms with Crippen molar-refractivity contribution in [3.63, 3.8) is 0 Å². The highest BCUT2D eigenvalue weighted by Crippen LogP contribution is 2.30. The van der Waals surface area contributed by atoms with Crippen molar-refractivity contribution in [2.45, 2.75) is 32.9 Å². The molecule has 1 amide bonds. The van der Waals surface area contributed by atoms with Gasteiger partial charge in [-0.15, -0.1) is 6.58 Å². The van der Waals surface area contributed by atoms with E-state index in [1.165, 1.54) is 44.7 Å². The number of nitro benzene ring substituents is 1. The van der Waals surface area contributed by atoms with E-state index in [0.717, 1.165) is 10.9 Å². The molecule has 0 radical (unpaired) electrons. The number of amides is 1. The number of carbonyl (C=O) groups is 1. The average molecular weight is 543 g/mol. The molecule has 3 heterocycles. The van der Waals surface area contributed by atoms with Crippen LogP contribution in [0.4, 0.5) is 22.1 Å². The van der Waals surface area contributed by atoms with Gasteiger partial charge in [0.05, 0.1) is 34.6 Å². The lowest BCUT2D eigenvalue weighted by Gasteiger charge is -2.26. The van der Waals surface area contributed by atoms with E-state index >= 15 is 0 Å². The lowest BCUT2D eigenvalue weighted by atomic mass is 10.2. The van der Waals surface area contributed by atoms with Gasteiger partial charge in [0.1, 0.15) is 11.0 Å². The molecule has 13 nitrogen and oxygen atoms in total. The fraction of sp³-hybridized carbons (Fsp3) is 0.222. The van der Waals surface area contributed by atoms with Crippen LogP contribution in [0.1, 0.15) is 20.8 Å². The number of aromatic nitrogens is 6. The fourth-order valence-electron chi connectivity index (χ4n) is 4.32. The molecule has 2 aromatic carbocycles. The molecule has 13 heteroatoms. The molecule has 3 aromatic heterocycles. The van der Waals surface area contributed by atoms with Gasteiger partial charge in [-0.2, -0.15) is 10.1 Å². The topological polar surface area (TPSA) is 143 Å². The predicted octanol–water partition coefficient (Wildman–Crippen LogP) is 4.64. The molecule has 5 rings (SSSR count). The Bertz CT molecular complexity index is 1860. The Balaban J connectivity index is 1.76. The monoisotopic (exact) mass is 542 g/mol. The van der Waals surface area contributed by atoms with Crippen LogP contribution in [0.2, 0.25) is 0 Å². The summed E-state index contributed by atoms with van der Waals surface area (Å²) in [7, 11) is 1.81. The van der Waals surface area contributed by atoms with Gasteiger partial charge in [0.2, 0.25) is 5.95 Å². The Labute approximate surface area is 227 Å². The normalized spacial score (nSPS) is 11.6. The third-order valence-electron chi connectivity index (χ3n) is 6.01. The van der Waals surface area contributed by atoms with E-state index in [0.29, 0.717) is 11.4 Å². The van der Waals surface area contributed by atoms with Gasteiger partial charge in [-0.25, -0.2) is 24.0 Å². The zero-order chi connectivity index (χ0) is 28.8. The Hall–Kier alpha value is -5.33. The van der Waals surface area contributed by atoms with Gasteiger partial charge in [0.15, 0.2) is 5.65 Å². The summed E-state index contributed by atoms with van der Waals surface area (Å²) in [5.41, 5.74) is 0.340. The number of ether oxygens (including phenoxy) is 1. The Morgan fingerprint density at radius 3 is 2.67 bits per heavy atom. The summed E-state index contributed by atoms with van der Waals surface area (Å²) >= 11 is 0. The third kappa shape index (κ3) is 4.68. The summed E-state index contributed by atoms with van der Waals surface area (Å²) in [5.74, 6) is -0.0556. The van der Waals surface area contributed by atoms with Crippen LogP contribution in [0, 0.1) is 10.1 Å². The fourth-order valence-corrected chi connectivity index (χ4v) is 4.32. The van der Waals surface area contributed by atoms with Crippen molar-refractivity contribution >= 4 is 45.4 Å². The largest absolute Gasteiger partial charge is 0.443 e. The smallest absolute Gasteiger partial charge is 0.421 e. The van der Waals surface area contributed by atoms with Gasteiger partial charge in [-0.3, -0.25) is 19.6 Å². The molecular weight excluding hydrogens is 516 g/mol. The van der Waals surface area contributed by atoms with Gasteiger partial charge >= 0.3 is 6.09 Å². The third-order valence-corrected chi connectivity index (χ3v) is 6.01. The van der Waals surface area contributed by atoms with Crippen LogP contribution in [0.3, 0.4) is 0 Å². The van der Waals surface area contributed by atoms with E-state index in [4.69, 9.17) is 4.74 Å². The maximum absolute atomic E-state index is 13.5. The number of fused-ring (bicyclic) bond motifs is 2. The molecule has 0 saturated heterocycles. The van der Waals surface area contributed by atoms with Gasteiger partial charge in [0.25, 0.3) is 11.2 Å². The van der Waals surface area contributed by atoms with Gasteiger partial charge in [-0.05, 0) is 45.0 Å². The lowest BCUT2D eigenvalue weighted by Crippen LogP contribution is -2.34. The minimum atomic E-state index is -0.823. The van der Waals surface area contributed by atoms with Gasteiger partial charge in [-0.1, -0.05) is 12.1 Å². The van der Waals surface area contributed by atoms with Crippen LogP contribution in [0.5, 0.6) is 0 Å². The second-order valence-corrected chi connectivity index (χ2v) is 10.00. The van der Waals surface area contributed by atoms with Crippen LogP contribution in [-0.4, -0.2) is 45.7 Å². The van der Waals surface area contributed by atoms with E-state index in [-0.39, 0.29) is 29.2 Å². The van der Waals surface area contributed by atoms with Crippen molar-refractivity contribution in [2.24, 2.45) is 7.05 Å². The van der Waals surface area contributed by atoms with E-state index in [9.17, 15) is 19.7 Å². The maximum Gasteiger partial charge on any atom is 0.421 e. The number of non-ortho nitro benzene ring substituents is 1. The van der Waals surface area contributed by atoms with Crippen LogP contribution in [0.25, 0.3) is 27.6 Å². The molecule has 0 aliphatic carbocycles. The van der Waals surface area contributed by atoms with Crippen molar-refractivity contribution < 1.29 is 14.5 Å². The van der Waals surface area contributed by atoms with E-state index in [1.54, 1.807) is 49.8 Å². The Kier molecular flexibility index (Phi) is 6.42. The van der Waals surface area contributed by atoms with Crippen LogP contribution in [0.15, 0.2) is 72.3 Å². The summed E-state index contributed by atoms with van der Waals surface area (Å²) in [4.78, 5) is 48.0. The van der Waals surface area contributed by atoms with Crippen molar-refractivity contribution in [1.29, 1.82) is 0 Å². The number of nitro groups is 1. The molecule has 0 unspecified atom stereocenters. The van der Waals surface area contributed by atoms with Crippen LogP contribution >= 0.6 is 0 Å². The number of benzene rings is 2. The molecule has 0 N–H and O–H groups in total. The molecule has 5 aromatic rings. The molecular formula is C27H26N8O5. The molecule has 204 valence electrons. The summed E-state index contributed by atoms with van der Waals surface area (Å²) in [6.45, 7) is 9.05. The first-order valence-corrected chi connectivity index (χ1v) is 12.3. The van der Waals surface area contributed by atoms with Crippen LogP contribution < -0.4 is 10.5 Å². The molecule has 0 bridgehead atoms. The van der Waals surface area contributed by atoms with E-state index < -0.39 is 22.2 Å². The number of hydrogen-bond acceptors (Lipinski definition) is 8. The number of anilines is 2. The minimum Gasteiger partial charge on any atom is -0.443 e. The van der Waals surface area contributed by atoms with Crippen LogP contribution in [-0.2, 0) is 18.3 Å². The average Bonchev–Trinajstić information content (AvgIpc) is 3.40. The molecule has 0 aliphatic heterocycles. The first-order valence-electron chi connectivity index (χ1n) is 12.3. The van der Waals surface area contributed by atoms with Crippen molar-refractivity contribution in [3.8, 4) is 5.69 Å². The molecule has 0 spiro atoms. The number of carbonyl (C=O) groups excluding carboxylic acids is 1. The molecule has 0 saturated carbocycles. The highest BCUT2D eigenvalue weighted by molar-refractivity contribution is 5.97. The highest BCUT2D eigenvalue weighted by atomic mass is 16.6. The standard InChI is InChI=1S/C27H26N8O5/c1-6-12-32-24(36)21-16-28-25(30-23(21)34(32)19-8-7-9-20(14-19)35(38)39)33(26(37)40-27(2,3)4)18-10-11-22-17(13-18)15-29-31(22)5/h6-11,13-16H,1,12H2,2-5H3.